The lowest BCUT2D eigenvalue weighted by Crippen LogP contribution is -2.36. The summed E-state index contributed by atoms with van der Waals surface area (Å²) in [6.07, 6.45) is 0.844. The van der Waals surface area contributed by atoms with Crippen molar-refractivity contribution in [3.05, 3.63) is 28.2 Å². The van der Waals surface area contributed by atoms with Crippen molar-refractivity contribution < 1.29 is 14.7 Å². The molecule has 1 aromatic rings. The van der Waals surface area contributed by atoms with Crippen LogP contribution in [0.4, 0.5) is 5.00 Å². The zero-order valence-electron chi connectivity index (χ0n) is 11.8. The lowest BCUT2D eigenvalue weighted by atomic mass is 9.76. The molecule has 6 heteroatoms. The highest BCUT2D eigenvalue weighted by molar-refractivity contribution is 7.14. The minimum Gasteiger partial charge on any atom is -0.481 e. The minimum atomic E-state index is -0.950. The standard InChI is InChI=1S/C15H16N2O3S/c1-8-5-11(12(15(19)20)6-9(8)2)13(18)17-14-10(7-16)3-4-21-14/h3-4,11-12H,5-6H2,1-2H3,(H,17,18)(H,19,20). The van der Waals surface area contributed by atoms with Crippen LogP contribution in [0.2, 0.25) is 0 Å². The Labute approximate surface area is 126 Å². The van der Waals surface area contributed by atoms with Crippen molar-refractivity contribution in [1.82, 2.24) is 0 Å². The molecule has 2 atom stereocenters. The molecule has 0 aromatic carbocycles. The third kappa shape index (κ3) is 3.14. The molecular formula is C15H16N2O3S. The third-order valence-electron chi connectivity index (χ3n) is 3.94. The van der Waals surface area contributed by atoms with Gasteiger partial charge in [0.05, 0.1) is 17.4 Å². The maximum absolute atomic E-state index is 12.4. The van der Waals surface area contributed by atoms with Gasteiger partial charge in [0.25, 0.3) is 0 Å². The molecule has 0 fully saturated rings. The maximum Gasteiger partial charge on any atom is 0.307 e. The number of carbonyl (C=O) groups excluding carboxylic acids is 1. The number of hydrogen-bond donors (Lipinski definition) is 2. The quantitative estimate of drug-likeness (QED) is 0.840. The molecule has 0 spiro atoms. The second-order valence-electron chi connectivity index (χ2n) is 5.28. The van der Waals surface area contributed by atoms with Crippen molar-refractivity contribution in [3.8, 4) is 6.07 Å². The SMILES string of the molecule is CC1=C(C)CC(C(=O)Nc2sccc2C#N)C(C(=O)O)C1. The summed E-state index contributed by atoms with van der Waals surface area (Å²) in [5.41, 5.74) is 2.51. The number of hydrogen-bond acceptors (Lipinski definition) is 4. The Morgan fingerprint density at radius 1 is 1.33 bits per heavy atom. The van der Waals surface area contributed by atoms with Crippen LogP contribution >= 0.6 is 11.3 Å². The highest BCUT2D eigenvalue weighted by Gasteiger charge is 2.37. The molecular weight excluding hydrogens is 288 g/mol. The average molecular weight is 304 g/mol. The number of nitrogens with zero attached hydrogens (tertiary/aromatic N) is 1. The van der Waals surface area contributed by atoms with Crippen LogP contribution in [0.3, 0.4) is 0 Å². The Morgan fingerprint density at radius 3 is 2.52 bits per heavy atom. The number of carbonyl (C=O) groups is 2. The Kier molecular flexibility index (Phi) is 4.43. The summed E-state index contributed by atoms with van der Waals surface area (Å²) in [6.45, 7) is 3.84. The molecule has 0 saturated carbocycles. The second-order valence-corrected chi connectivity index (χ2v) is 6.20. The van der Waals surface area contributed by atoms with E-state index >= 15 is 0 Å². The molecule has 1 amide bonds. The summed E-state index contributed by atoms with van der Waals surface area (Å²) < 4.78 is 0. The molecule has 21 heavy (non-hydrogen) atoms. The summed E-state index contributed by atoms with van der Waals surface area (Å²) >= 11 is 1.26. The number of anilines is 1. The first-order chi connectivity index (χ1) is 9.93. The Bertz CT molecular complexity index is 654. The zero-order chi connectivity index (χ0) is 15.6. The summed E-state index contributed by atoms with van der Waals surface area (Å²) in [6, 6.07) is 3.63. The Hall–Kier alpha value is -2.13. The van der Waals surface area contributed by atoms with Gasteiger partial charge in [-0.1, -0.05) is 11.1 Å². The van der Waals surface area contributed by atoms with Crippen LogP contribution in [-0.4, -0.2) is 17.0 Å². The monoisotopic (exact) mass is 304 g/mol. The van der Waals surface area contributed by atoms with E-state index in [1.54, 1.807) is 11.4 Å². The zero-order valence-corrected chi connectivity index (χ0v) is 12.7. The molecule has 0 radical (unpaired) electrons. The van der Waals surface area contributed by atoms with E-state index in [1.807, 2.05) is 19.9 Å². The van der Waals surface area contributed by atoms with Gasteiger partial charge in [-0.25, -0.2) is 0 Å². The summed E-state index contributed by atoms with van der Waals surface area (Å²) in [4.78, 5) is 23.8. The fourth-order valence-corrected chi connectivity index (χ4v) is 3.27. The van der Waals surface area contributed by atoms with Crippen LogP contribution < -0.4 is 5.32 Å². The largest absolute Gasteiger partial charge is 0.481 e. The number of carboxylic acid groups (broad SMARTS) is 1. The van der Waals surface area contributed by atoms with Gasteiger partial charge in [-0.2, -0.15) is 5.26 Å². The number of rotatable bonds is 3. The van der Waals surface area contributed by atoms with E-state index in [0.29, 0.717) is 23.4 Å². The molecule has 1 aromatic heterocycles. The molecule has 1 aliphatic carbocycles. The molecule has 1 aliphatic rings. The van der Waals surface area contributed by atoms with Crippen LogP contribution in [0.15, 0.2) is 22.6 Å². The molecule has 2 N–H and O–H groups in total. The van der Waals surface area contributed by atoms with Gasteiger partial charge in [0.15, 0.2) is 0 Å². The fourth-order valence-electron chi connectivity index (χ4n) is 2.53. The number of nitrogens with one attached hydrogen (secondary N) is 1. The first kappa shape index (κ1) is 15.3. The summed E-state index contributed by atoms with van der Waals surface area (Å²) in [5.74, 6) is -2.58. The van der Waals surface area contributed by atoms with Gasteiger partial charge in [0.2, 0.25) is 5.91 Å². The van der Waals surface area contributed by atoms with E-state index < -0.39 is 17.8 Å². The summed E-state index contributed by atoms with van der Waals surface area (Å²) in [7, 11) is 0. The number of aliphatic carboxylic acids is 1. The molecule has 0 bridgehead atoms. The first-order valence-corrected chi connectivity index (χ1v) is 7.48. The topological polar surface area (TPSA) is 90.2 Å². The van der Waals surface area contributed by atoms with Gasteiger partial charge in [0.1, 0.15) is 11.1 Å². The first-order valence-electron chi connectivity index (χ1n) is 6.60. The second kappa shape index (κ2) is 6.10. The van der Waals surface area contributed by atoms with E-state index in [2.05, 4.69) is 5.32 Å². The molecule has 2 unspecified atom stereocenters. The van der Waals surface area contributed by atoms with Crippen molar-refractivity contribution >= 4 is 28.2 Å². The molecule has 5 nitrogen and oxygen atoms in total. The van der Waals surface area contributed by atoms with Gasteiger partial charge in [-0.15, -0.1) is 11.3 Å². The van der Waals surface area contributed by atoms with E-state index in [-0.39, 0.29) is 5.91 Å². The third-order valence-corrected chi connectivity index (χ3v) is 4.77. The Morgan fingerprint density at radius 2 is 1.95 bits per heavy atom. The Balaban J connectivity index is 2.21. The van der Waals surface area contributed by atoms with Crippen molar-refractivity contribution in [2.75, 3.05) is 5.32 Å². The van der Waals surface area contributed by atoms with Crippen molar-refractivity contribution in [3.63, 3.8) is 0 Å². The number of amides is 1. The molecule has 1 heterocycles. The average Bonchev–Trinajstić information content (AvgIpc) is 2.88. The van der Waals surface area contributed by atoms with Crippen LogP contribution in [0.25, 0.3) is 0 Å². The number of allylic oxidation sites excluding steroid dienone is 2. The predicted octanol–water partition coefficient (Wildman–Crippen LogP) is 3.01. The van der Waals surface area contributed by atoms with Crippen molar-refractivity contribution in [2.24, 2.45) is 11.8 Å². The highest BCUT2D eigenvalue weighted by Crippen LogP contribution is 2.35. The van der Waals surface area contributed by atoms with Crippen LogP contribution in [0.1, 0.15) is 32.3 Å². The van der Waals surface area contributed by atoms with E-state index in [1.165, 1.54) is 11.3 Å². The van der Waals surface area contributed by atoms with Crippen LogP contribution in [0.5, 0.6) is 0 Å². The predicted molar refractivity (Wildman–Crippen MR) is 79.9 cm³/mol. The van der Waals surface area contributed by atoms with Crippen LogP contribution in [-0.2, 0) is 9.59 Å². The molecule has 110 valence electrons. The summed E-state index contributed by atoms with van der Waals surface area (Å²) in [5, 5.41) is 23.2. The number of nitriles is 1. The lowest BCUT2D eigenvalue weighted by Gasteiger charge is -2.29. The maximum atomic E-state index is 12.4. The van der Waals surface area contributed by atoms with E-state index in [9.17, 15) is 14.7 Å². The minimum absolute atomic E-state index is 0.326. The number of thiophene rings is 1. The smallest absolute Gasteiger partial charge is 0.307 e. The number of carboxylic acids is 1. The molecule has 0 aliphatic heterocycles. The van der Waals surface area contributed by atoms with E-state index in [4.69, 9.17) is 5.26 Å². The van der Waals surface area contributed by atoms with Gasteiger partial charge in [-0.3, -0.25) is 9.59 Å². The normalized spacial score (nSPS) is 21.8. The van der Waals surface area contributed by atoms with Crippen LogP contribution in [0, 0.1) is 23.2 Å². The van der Waals surface area contributed by atoms with E-state index in [0.717, 1.165) is 11.1 Å². The van der Waals surface area contributed by atoms with Crippen molar-refractivity contribution in [1.29, 1.82) is 5.26 Å². The molecule has 2 rings (SSSR count). The highest BCUT2D eigenvalue weighted by atomic mass is 32.1. The lowest BCUT2D eigenvalue weighted by molar-refractivity contribution is -0.146. The van der Waals surface area contributed by atoms with Gasteiger partial charge in [-0.05, 0) is 38.1 Å². The molecule has 0 saturated heterocycles. The van der Waals surface area contributed by atoms with Gasteiger partial charge in [0, 0.05) is 0 Å². The van der Waals surface area contributed by atoms with Gasteiger partial charge >= 0.3 is 5.97 Å². The fraction of sp³-hybridized carbons (Fsp3) is 0.400. The van der Waals surface area contributed by atoms with Gasteiger partial charge < -0.3 is 10.4 Å². The van der Waals surface area contributed by atoms with Crippen molar-refractivity contribution in [2.45, 2.75) is 26.7 Å².